The van der Waals surface area contributed by atoms with E-state index in [1.54, 1.807) is 38.5 Å². The predicted octanol–water partition coefficient (Wildman–Crippen LogP) is 3.76. The van der Waals surface area contributed by atoms with Gasteiger partial charge in [0.2, 0.25) is 0 Å². The Morgan fingerprint density at radius 3 is 2.24 bits per heavy atom. The van der Waals surface area contributed by atoms with E-state index >= 15 is 0 Å². The molecule has 0 saturated heterocycles. The first-order chi connectivity index (χ1) is 16.1. The Bertz CT molecular complexity index is 1190. The van der Waals surface area contributed by atoms with Crippen LogP contribution in [0, 0.1) is 0 Å². The molecule has 0 unspecified atom stereocenters. The fraction of sp³-hybridized carbons (Fsp3) is 0.185. The van der Waals surface area contributed by atoms with Crippen LogP contribution in [0.4, 0.5) is 0 Å². The van der Waals surface area contributed by atoms with Crippen LogP contribution in [0.15, 0.2) is 78.5 Å². The summed E-state index contributed by atoms with van der Waals surface area (Å²) >= 11 is 0. The number of hydrogen-bond acceptors (Lipinski definition) is 4. The van der Waals surface area contributed by atoms with Crippen molar-refractivity contribution in [3.63, 3.8) is 0 Å². The van der Waals surface area contributed by atoms with E-state index in [9.17, 15) is 9.59 Å². The minimum atomic E-state index is -0.339. The van der Waals surface area contributed by atoms with E-state index in [0.717, 1.165) is 22.3 Å². The molecule has 6 nitrogen and oxygen atoms in total. The smallest absolute Gasteiger partial charge is 0.268 e. The molecule has 0 spiro atoms. The molecule has 1 heterocycles. The molecule has 2 amide bonds. The summed E-state index contributed by atoms with van der Waals surface area (Å²) in [6.45, 7) is 0.435. The Morgan fingerprint density at radius 1 is 0.939 bits per heavy atom. The normalized spacial score (nSPS) is 15.5. The van der Waals surface area contributed by atoms with E-state index in [1.807, 2.05) is 48.5 Å². The summed E-state index contributed by atoms with van der Waals surface area (Å²) < 4.78 is 11.1. The predicted molar refractivity (Wildman–Crippen MR) is 127 cm³/mol. The van der Waals surface area contributed by atoms with Crippen LogP contribution >= 0.6 is 0 Å². The molecule has 0 aromatic heterocycles. The van der Waals surface area contributed by atoms with Gasteiger partial charge in [0, 0.05) is 18.5 Å². The van der Waals surface area contributed by atoms with Crippen molar-refractivity contribution in [2.45, 2.75) is 12.8 Å². The van der Waals surface area contributed by atoms with Gasteiger partial charge in [-0.2, -0.15) is 0 Å². The number of carbonyl (C=O) groups excluding carboxylic acids is 2. The average molecular weight is 443 g/mol. The highest BCUT2D eigenvalue weighted by atomic mass is 16.5. The zero-order valence-corrected chi connectivity index (χ0v) is 18.7. The maximum Gasteiger partial charge on any atom is 0.268 e. The third kappa shape index (κ3) is 4.90. The first-order valence-corrected chi connectivity index (χ1v) is 10.8. The van der Waals surface area contributed by atoms with Crippen molar-refractivity contribution in [2.24, 2.45) is 0 Å². The Kier molecular flexibility index (Phi) is 6.74. The van der Waals surface area contributed by atoms with Gasteiger partial charge in [0.1, 0.15) is 5.70 Å². The minimum absolute atomic E-state index is 0.237. The lowest BCUT2D eigenvalue weighted by Gasteiger charge is -2.23. The molecule has 4 rings (SSSR count). The van der Waals surface area contributed by atoms with Gasteiger partial charge in [-0.05, 0) is 52.9 Å². The zero-order valence-electron chi connectivity index (χ0n) is 18.7. The molecule has 0 aliphatic carbocycles. The highest BCUT2D eigenvalue weighted by Gasteiger charge is 2.25. The number of rotatable bonds is 6. The van der Waals surface area contributed by atoms with E-state index in [0.29, 0.717) is 36.4 Å². The molecule has 0 radical (unpaired) electrons. The van der Waals surface area contributed by atoms with Gasteiger partial charge in [-0.3, -0.25) is 9.59 Å². The largest absolute Gasteiger partial charge is 0.493 e. The van der Waals surface area contributed by atoms with E-state index in [2.05, 4.69) is 10.6 Å². The molecule has 0 saturated carbocycles. The number of amides is 2. The molecule has 3 aromatic carbocycles. The van der Waals surface area contributed by atoms with Crippen molar-refractivity contribution in [1.82, 2.24) is 10.6 Å². The first kappa shape index (κ1) is 22.1. The Labute approximate surface area is 193 Å². The van der Waals surface area contributed by atoms with E-state index in [-0.39, 0.29) is 17.5 Å². The topological polar surface area (TPSA) is 76.7 Å². The SMILES string of the molecule is COc1cc2c(cc1OC)/C(Cc1ccccc1)=C(/NC(=O)c1ccccc1)C(=O)NCC2. The number of hydrogen-bond donors (Lipinski definition) is 2. The lowest BCUT2D eigenvalue weighted by molar-refractivity contribution is -0.117. The minimum Gasteiger partial charge on any atom is -0.493 e. The van der Waals surface area contributed by atoms with E-state index < -0.39 is 0 Å². The van der Waals surface area contributed by atoms with Crippen LogP contribution < -0.4 is 20.1 Å². The molecule has 1 aliphatic rings. The molecule has 2 N–H and O–H groups in total. The maximum atomic E-state index is 13.2. The highest BCUT2D eigenvalue weighted by Crippen LogP contribution is 2.36. The van der Waals surface area contributed by atoms with Crippen LogP contribution in [-0.2, 0) is 17.6 Å². The Hall–Kier alpha value is -4.06. The van der Waals surface area contributed by atoms with Crippen LogP contribution in [0.3, 0.4) is 0 Å². The molecule has 33 heavy (non-hydrogen) atoms. The highest BCUT2D eigenvalue weighted by molar-refractivity contribution is 6.08. The molecule has 0 fully saturated rings. The zero-order chi connectivity index (χ0) is 23.2. The van der Waals surface area contributed by atoms with Gasteiger partial charge < -0.3 is 20.1 Å². The summed E-state index contributed by atoms with van der Waals surface area (Å²) in [5.41, 5.74) is 4.32. The number of carbonyl (C=O) groups is 2. The molecule has 1 aliphatic heterocycles. The first-order valence-electron chi connectivity index (χ1n) is 10.8. The van der Waals surface area contributed by atoms with Crippen molar-refractivity contribution < 1.29 is 19.1 Å². The summed E-state index contributed by atoms with van der Waals surface area (Å²) in [5, 5.41) is 5.82. The van der Waals surface area contributed by atoms with Crippen LogP contribution in [0.25, 0.3) is 5.57 Å². The summed E-state index contributed by atoms with van der Waals surface area (Å²) in [6.07, 6.45) is 1.08. The van der Waals surface area contributed by atoms with Crippen LogP contribution in [0.2, 0.25) is 0 Å². The molecule has 0 bridgehead atoms. The second-order valence-corrected chi connectivity index (χ2v) is 7.71. The fourth-order valence-corrected chi connectivity index (χ4v) is 3.97. The van der Waals surface area contributed by atoms with Crippen LogP contribution in [-0.4, -0.2) is 32.6 Å². The third-order valence-electron chi connectivity index (χ3n) is 5.64. The molecule has 3 aromatic rings. The summed E-state index contributed by atoms with van der Waals surface area (Å²) in [5.74, 6) is 0.535. The fourth-order valence-electron chi connectivity index (χ4n) is 3.97. The summed E-state index contributed by atoms with van der Waals surface area (Å²) in [4.78, 5) is 26.2. The monoisotopic (exact) mass is 442 g/mol. The number of benzene rings is 3. The van der Waals surface area contributed by atoms with Gasteiger partial charge in [-0.15, -0.1) is 0 Å². The summed E-state index contributed by atoms with van der Waals surface area (Å²) in [7, 11) is 3.18. The van der Waals surface area contributed by atoms with Crippen molar-refractivity contribution in [2.75, 3.05) is 20.8 Å². The van der Waals surface area contributed by atoms with Gasteiger partial charge >= 0.3 is 0 Å². The van der Waals surface area contributed by atoms with Crippen molar-refractivity contribution >= 4 is 17.4 Å². The Balaban J connectivity index is 1.90. The number of ether oxygens (including phenoxy) is 2. The third-order valence-corrected chi connectivity index (χ3v) is 5.64. The van der Waals surface area contributed by atoms with E-state index in [4.69, 9.17) is 9.47 Å². The molecular formula is C27H26N2O4. The Morgan fingerprint density at radius 2 is 1.58 bits per heavy atom. The quantitative estimate of drug-likeness (QED) is 0.610. The summed E-state index contributed by atoms with van der Waals surface area (Å²) in [6, 6.07) is 22.5. The lowest BCUT2D eigenvalue weighted by Crippen LogP contribution is -2.38. The number of fused-ring (bicyclic) bond motifs is 1. The van der Waals surface area contributed by atoms with Crippen LogP contribution in [0.5, 0.6) is 11.5 Å². The molecular weight excluding hydrogens is 416 g/mol. The molecule has 0 atom stereocenters. The maximum absolute atomic E-state index is 13.2. The van der Waals surface area contributed by atoms with Crippen LogP contribution in [0.1, 0.15) is 27.0 Å². The van der Waals surface area contributed by atoms with Gasteiger partial charge in [-0.1, -0.05) is 48.5 Å². The van der Waals surface area contributed by atoms with Crippen molar-refractivity contribution in [1.29, 1.82) is 0 Å². The number of allylic oxidation sites excluding steroid dienone is 1. The van der Waals surface area contributed by atoms with E-state index in [1.165, 1.54) is 0 Å². The average Bonchev–Trinajstić information content (AvgIpc) is 2.86. The standard InChI is InChI=1S/C27H26N2O4/c1-32-23-16-20-13-14-28-27(31)25(29-26(30)19-11-7-4-8-12-19)22(21(20)17-24(23)33-2)15-18-9-5-3-6-10-18/h3-12,16-17H,13-15H2,1-2H3,(H,28,31)(H,29,30)/b25-22+. The molecule has 168 valence electrons. The van der Waals surface area contributed by atoms with Crippen molar-refractivity contribution in [3.05, 3.63) is 101 Å². The second kappa shape index (κ2) is 10.0. The van der Waals surface area contributed by atoms with Gasteiger partial charge in [-0.25, -0.2) is 0 Å². The number of methoxy groups -OCH3 is 2. The lowest BCUT2D eigenvalue weighted by atomic mass is 9.89. The van der Waals surface area contributed by atoms with Gasteiger partial charge in [0.25, 0.3) is 11.8 Å². The van der Waals surface area contributed by atoms with Gasteiger partial charge in [0.05, 0.1) is 14.2 Å². The molecule has 6 heteroatoms. The van der Waals surface area contributed by atoms with Crippen molar-refractivity contribution in [3.8, 4) is 11.5 Å². The second-order valence-electron chi connectivity index (χ2n) is 7.71. The number of nitrogens with one attached hydrogen (secondary N) is 2. The van der Waals surface area contributed by atoms with Gasteiger partial charge in [0.15, 0.2) is 11.5 Å².